The second kappa shape index (κ2) is 7.92. The van der Waals surface area contributed by atoms with Crippen molar-refractivity contribution < 1.29 is 18.0 Å². The van der Waals surface area contributed by atoms with E-state index in [9.17, 15) is 18.0 Å². The number of hydrogen-bond acceptors (Lipinski definition) is 5. The summed E-state index contributed by atoms with van der Waals surface area (Å²) >= 11 is 0. The van der Waals surface area contributed by atoms with Crippen LogP contribution >= 0.6 is 0 Å². The van der Waals surface area contributed by atoms with Crippen LogP contribution in [-0.4, -0.2) is 49.2 Å². The molecule has 154 valence electrons. The number of nitrogens with zero attached hydrogens (tertiary/aromatic N) is 3. The number of hydrogen-bond donors (Lipinski definition) is 1. The minimum atomic E-state index is -3.86. The van der Waals surface area contributed by atoms with Crippen LogP contribution in [0, 0.1) is 6.92 Å². The summed E-state index contributed by atoms with van der Waals surface area (Å²) in [6.07, 6.45) is 0.585. The van der Waals surface area contributed by atoms with Crippen LogP contribution in [0.2, 0.25) is 0 Å². The SMILES string of the molecule is CC(=O)N1c2ccc(S(=O)(=O)N(C)CC(=O)Nc3cccc(C)n3)cc2CC1C. The standard InChI is InChI=1S/C20H24N4O4S/c1-13-6-5-7-19(21-13)22-20(26)12-23(4)29(27,28)17-8-9-18-16(11-17)10-14(2)24(18)15(3)25/h5-9,11,14H,10,12H2,1-4H3,(H,21,22,26). The smallest absolute Gasteiger partial charge is 0.243 e. The van der Waals surface area contributed by atoms with Crippen LogP contribution in [-0.2, 0) is 26.0 Å². The Kier molecular flexibility index (Phi) is 5.72. The van der Waals surface area contributed by atoms with E-state index in [0.29, 0.717) is 12.2 Å². The first kappa shape index (κ1) is 20.9. The van der Waals surface area contributed by atoms with E-state index >= 15 is 0 Å². The molecule has 0 spiro atoms. The average Bonchev–Trinajstić information content (AvgIpc) is 2.96. The lowest BCUT2D eigenvalue weighted by atomic mass is 10.1. The lowest BCUT2D eigenvalue weighted by Gasteiger charge is -2.21. The van der Waals surface area contributed by atoms with Crippen LogP contribution < -0.4 is 10.2 Å². The van der Waals surface area contributed by atoms with Crippen LogP contribution in [0.3, 0.4) is 0 Å². The van der Waals surface area contributed by atoms with Gasteiger partial charge in [-0.1, -0.05) is 6.07 Å². The Balaban J connectivity index is 1.76. The molecule has 2 heterocycles. The molecule has 1 unspecified atom stereocenters. The highest BCUT2D eigenvalue weighted by Gasteiger charge is 2.31. The third kappa shape index (κ3) is 4.30. The molecule has 0 aliphatic carbocycles. The molecule has 1 atom stereocenters. The van der Waals surface area contributed by atoms with Gasteiger partial charge < -0.3 is 10.2 Å². The van der Waals surface area contributed by atoms with Gasteiger partial charge >= 0.3 is 0 Å². The van der Waals surface area contributed by atoms with E-state index < -0.39 is 15.9 Å². The Labute approximate surface area is 170 Å². The molecule has 1 aliphatic heterocycles. The Hall–Kier alpha value is -2.78. The monoisotopic (exact) mass is 416 g/mol. The van der Waals surface area contributed by atoms with E-state index in [2.05, 4.69) is 10.3 Å². The fourth-order valence-electron chi connectivity index (χ4n) is 3.51. The molecule has 0 radical (unpaired) electrons. The Morgan fingerprint density at radius 1 is 1.28 bits per heavy atom. The molecule has 1 aliphatic rings. The maximum atomic E-state index is 12.9. The molecule has 0 saturated heterocycles. The van der Waals surface area contributed by atoms with Crippen LogP contribution in [0.15, 0.2) is 41.3 Å². The number of pyridine rings is 1. The molecule has 8 nitrogen and oxygen atoms in total. The molecule has 0 bridgehead atoms. The van der Waals surface area contributed by atoms with E-state index in [0.717, 1.165) is 21.2 Å². The second-order valence-electron chi connectivity index (χ2n) is 7.21. The van der Waals surface area contributed by atoms with Crippen molar-refractivity contribution in [2.75, 3.05) is 23.8 Å². The topological polar surface area (TPSA) is 99.7 Å². The Bertz CT molecular complexity index is 1070. The number of fused-ring (bicyclic) bond motifs is 1. The second-order valence-corrected chi connectivity index (χ2v) is 9.25. The zero-order chi connectivity index (χ0) is 21.3. The zero-order valence-electron chi connectivity index (χ0n) is 16.8. The molecular formula is C20H24N4O4S. The molecule has 1 aromatic carbocycles. The number of likely N-dealkylation sites (N-methyl/N-ethyl adjacent to an activating group) is 1. The first-order chi connectivity index (χ1) is 13.6. The molecule has 2 amide bonds. The van der Waals surface area contributed by atoms with Crippen LogP contribution in [0.5, 0.6) is 0 Å². The van der Waals surface area contributed by atoms with Crippen LogP contribution in [0.25, 0.3) is 0 Å². The highest BCUT2D eigenvalue weighted by atomic mass is 32.2. The third-order valence-electron chi connectivity index (χ3n) is 4.84. The van der Waals surface area contributed by atoms with Crippen molar-refractivity contribution in [2.45, 2.75) is 38.1 Å². The van der Waals surface area contributed by atoms with E-state index in [1.54, 1.807) is 42.2 Å². The number of amides is 2. The lowest BCUT2D eigenvalue weighted by Crippen LogP contribution is -2.35. The van der Waals surface area contributed by atoms with Crippen molar-refractivity contribution in [3.63, 3.8) is 0 Å². The van der Waals surface area contributed by atoms with Crippen molar-refractivity contribution in [3.8, 4) is 0 Å². The van der Waals surface area contributed by atoms with Gasteiger partial charge in [-0.2, -0.15) is 4.31 Å². The molecular weight excluding hydrogens is 392 g/mol. The summed E-state index contributed by atoms with van der Waals surface area (Å²) in [4.78, 5) is 30.0. The average molecular weight is 417 g/mol. The lowest BCUT2D eigenvalue weighted by molar-refractivity contribution is -0.117. The maximum absolute atomic E-state index is 12.9. The highest BCUT2D eigenvalue weighted by Crippen LogP contribution is 2.34. The van der Waals surface area contributed by atoms with Gasteiger partial charge in [-0.15, -0.1) is 0 Å². The number of nitrogens with one attached hydrogen (secondary N) is 1. The van der Waals surface area contributed by atoms with Gasteiger partial charge in [0.1, 0.15) is 5.82 Å². The molecule has 9 heteroatoms. The van der Waals surface area contributed by atoms with Gasteiger partial charge in [0.2, 0.25) is 21.8 Å². The molecule has 3 rings (SSSR count). The largest absolute Gasteiger partial charge is 0.310 e. The number of sulfonamides is 1. The van der Waals surface area contributed by atoms with Gasteiger partial charge in [0, 0.05) is 31.4 Å². The van der Waals surface area contributed by atoms with Gasteiger partial charge in [-0.25, -0.2) is 13.4 Å². The van der Waals surface area contributed by atoms with Crippen molar-refractivity contribution in [1.82, 2.24) is 9.29 Å². The van der Waals surface area contributed by atoms with Crippen LogP contribution in [0.1, 0.15) is 25.1 Å². The summed E-state index contributed by atoms with van der Waals surface area (Å²) in [6.45, 7) is 4.87. The van der Waals surface area contributed by atoms with Crippen molar-refractivity contribution in [2.24, 2.45) is 0 Å². The fourth-order valence-corrected chi connectivity index (χ4v) is 4.69. The van der Waals surface area contributed by atoms with E-state index in [1.165, 1.54) is 20.0 Å². The predicted octanol–water partition coefficient (Wildman–Crippen LogP) is 1.95. The number of benzene rings is 1. The Morgan fingerprint density at radius 3 is 2.66 bits per heavy atom. The van der Waals surface area contributed by atoms with Gasteiger partial charge in [-0.3, -0.25) is 9.59 Å². The van der Waals surface area contributed by atoms with E-state index in [1.807, 2.05) is 6.92 Å². The minimum Gasteiger partial charge on any atom is -0.310 e. The summed E-state index contributed by atoms with van der Waals surface area (Å²) in [5.41, 5.74) is 2.28. The Morgan fingerprint density at radius 2 is 2.00 bits per heavy atom. The predicted molar refractivity (Wildman–Crippen MR) is 110 cm³/mol. The highest BCUT2D eigenvalue weighted by molar-refractivity contribution is 7.89. The first-order valence-electron chi connectivity index (χ1n) is 9.22. The zero-order valence-corrected chi connectivity index (χ0v) is 17.7. The number of aryl methyl sites for hydroxylation is 1. The summed E-state index contributed by atoms with van der Waals surface area (Å²) in [7, 11) is -2.51. The van der Waals surface area contributed by atoms with E-state index in [4.69, 9.17) is 0 Å². The quantitative estimate of drug-likeness (QED) is 0.803. The molecule has 1 aromatic heterocycles. The summed E-state index contributed by atoms with van der Waals surface area (Å²) in [5.74, 6) is -0.186. The number of rotatable bonds is 5. The number of carbonyl (C=O) groups is 2. The van der Waals surface area contributed by atoms with Gasteiger partial charge in [0.05, 0.1) is 11.4 Å². The molecule has 29 heavy (non-hydrogen) atoms. The van der Waals surface area contributed by atoms with Crippen molar-refractivity contribution >= 4 is 33.3 Å². The number of aromatic nitrogens is 1. The summed E-state index contributed by atoms with van der Waals surface area (Å²) < 4.78 is 26.8. The molecule has 0 fully saturated rings. The molecule has 2 aromatic rings. The van der Waals surface area contributed by atoms with Gasteiger partial charge in [0.25, 0.3) is 0 Å². The normalized spacial score (nSPS) is 16.0. The van der Waals surface area contributed by atoms with Crippen molar-refractivity contribution in [3.05, 3.63) is 47.7 Å². The number of anilines is 2. The van der Waals surface area contributed by atoms with Gasteiger partial charge in [-0.05, 0) is 56.2 Å². The summed E-state index contributed by atoms with van der Waals surface area (Å²) in [5, 5.41) is 2.60. The number of carbonyl (C=O) groups excluding carboxylic acids is 2. The first-order valence-corrected chi connectivity index (χ1v) is 10.7. The van der Waals surface area contributed by atoms with Crippen LogP contribution in [0.4, 0.5) is 11.5 Å². The molecule has 0 saturated carbocycles. The maximum Gasteiger partial charge on any atom is 0.243 e. The summed E-state index contributed by atoms with van der Waals surface area (Å²) in [6, 6.07) is 9.88. The van der Waals surface area contributed by atoms with E-state index in [-0.39, 0.29) is 23.4 Å². The third-order valence-corrected chi connectivity index (χ3v) is 6.64. The van der Waals surface area contributed by atoms with Gasteiger partial charge in [0.15, 0.2) is 0 Å². The fraction of sp³-hybridized carbons (Fsp3) is 0.350. The minimum absolute atomic E-state index is 0.0224. The van der Waals surface area contributed by atoms with Crippen molar-refractivity contribution in [1.29, 1.82) is 0 Å². The molecule has 1 N–H and O–H groups in total.